The molecule has 0 bridgehead atoms. The molecule has 8 heteroatoms. The third-order valence-corrected chi connectivity index (χ3v) is 15.9. The molecule has 0 atom stereocenters. The number of hydrogen-bond donors (Lipinski definition) is 2. The van der Waals surface area contributed by atoms with Gasteiger partial charge in [0.2, 0.25) is 0 Å². The highest BCUT2D eigenvalue weighted by Gasteiger charge is 2.37. The summed E-state index contributed by atoms with van der Waals surface area (Å²) in [6.07, 6.45) is 3.48. The van der Waals surface area contributed by atoms with Crippen LogP contribution in [0.15, 0.2) is 12.3 Å². The average molecular weight is 470 g/mol. The number of nitrogens with zero attached hydrogens (tertiary/aromatic N) is 1. The Bertz CT molecular complexity index is 717. The Kier molecular flexibility index (Phi) is 9.63. The van der Waals surface area contributed by atoms with Crippen molar-refractivity contribution in [2.45, 2.75) is 97.2 Å². The van der Waals surface area contributed by atoms with Gasteiger partial charge in [-0.15, -0.1) is 0 Å². The molecule has 180 valence electrons. The molecule has 6 nitrogen and oxygen atoms in total. The van der Waals surface area contributed by atoms with E-state index in [-0.39, 0.29) is 16.0 Å². The van der Waals surface area contributed by atoms with Crippen LogP contribution in [-0.2, 0) is 15.4 Å². The highest BCUT2D eigenvalue weighted by atomic mass is 28.4. The summed E-state index contributed by atoms with van der Waals surface area (Å²) in [4.78, 5) is 12.7. The molecule has 0 aliphatic carbocycles. The summed E-state index contributed by atoms with van der Waals surface area (Å²) < 4.78 is 14.4. The van der Waals surface area contributed by atoms with Crippen LogP contribution in [0.25, 0.3) is 0 Å². The molecule has 0 unspecified atom stereocenters. The standard InChI is InChI=1S/C23H47N3O3Si2/c1-22(2,3)30(7,8)28-15-11-13-25-21(27)20-17-19(24)18-26(20)14-12-16-29-31(9,10)23(4,5)6/h17-18H,11-16,24H2,1-10H3,(H,25,27). The number of aryl methyl sites for hydroxylation is 1. The van der Waals surface area contributed by atoms with Crippen molar-refractivity contribution in [3.05, 3.63) is 18.0 Å². The Morgan fingerprint density at radius 1 is 0.968 bits per heavy atom. The summed E-state index contributed by atoms with van der Waals surface area (Å²) in [5.41, 5.74) is 7.19. The Balaban J connectivity index is 2.49. The summed E-state index contributed by atoms with van der Waals surface area (Å²) in [5.74, 6) is -0.0886. The minimum Gasteiger partial charge on any atom is -0.417 e. The Morgan fingerprint density at radius 3 is 1.94 bits per heavy atom. The fourth-order valence-electron chi connectivity index (χ4n) is 2.60. The van der Waals surface area contributed by atoms with Crippen LogP contribution in [0.2, 0.25) is 36.3 Å². The summed E-state index contributed by atoms with van der Waals surface area (Å²) in [6.45, 7) is 25.1. The molecular weight excluding hydrogens is 422 g/mol. The summed E-state index contributed by atoms with van der Waals surface area (Å²) in [6, 6.07) is 1.75. The van der Waals surface area contributed by atoms with E-state index in [9.17, 15) is 4.79 Å². The molecule has 0 saturated heterocycles. The van der Waals surface area contributed by atoms with Gasteiger partial charge in [-0.1, -0.05) is 41.5 Å². The van der Waals surface area contributed by atoms with Gasteiger partial charge in [-0.2, -0.15) is 0 Å². The van der Waals surface area contributed by atoms with E-state index in [0.29, 0.717) is 37.7 Å². The van der Waals surface area contributed by atoms with Crippen molar-refractivity contribution in [1.29, 1.82) is 0 Å². The van der Waals surface area contributed by atoms with Gasteiger partial charge in [0.1, 0.15) is 5.69 Å². The van der Waals surface area contributed by atoms with Crippen molar-refractivity contribution < 1.29 is 13.6 Å². The number of carbonyl (C=O) groups is 1. The molecule has 0 spiro atoms. The molecule has 31 heavy (non-hydrogen) atoms. The summed E-state index contributed by atoms with van der Waals surface area (Å²) >= 11 is 0. The number of rotatable bonds is 11. The fraction of sp³-hybridized carbons (Fsp3) is 0.783. The number of nitrogens with one attached hydrogen (secondary N) is 1. The third kappa shape index (κ3) is 8.40. The number of aromatic nitrogens is 1. The van der Waals surface area contributed by atoms with E-state index >= 15 is 0 Å². The van der Waals surface area contributed by atoms with Crippen molar-refractivity contribution >= 4 is 28.2 Å². The molecule has 1 aromatic rings. The molecule has 0 fully saturated rings. The second-order valence-electron chi connectivity index (χ2n) is 11.5. The molecule has 3 N–H and O–H groups in total. The van der Waals surface area contributed by atoms with E-state index in [2.05, 4.69) is 73.0 Å². The largest absolute Gasteiger partial charge is 0.417 e. The zero-order valence-electron chi connectivity index (χ0n) is 21.6. The van der Waals surface area contributed by atoms with Crippen molar-refractivity contribution in [2.24, 2.45) is 0 Å². The van der Waals surface area contributed by atoms with Crippen LogP contribution in [0, 0.1) is 0 Å². The van der Waals surface area contributed by atoms with E-state index in [0.717, 1.165) is 12.8 Å². The van der Waals surface area contributed by atoms with Crippen LogP contribution < -0.4 is 11.1 Å². The van der Waals surface area contributed by atoms with Crippen LogP contribution in [0.3, 0.4) is 0 Å². The quantitative estimate of drug-likeness (QED) is 0.325. The van der Waals surface area contributed by atoms with Gasteiger partial charge in [-0.25, -0.2) is 0 Å². The molecule has 0 saturated carbocycles. The number of nitrogens with two attached hydrogens (primary N) is 1. The number of anilines is 1. The molecule has 1 rings (SSSR count). The van der Waals surface area contributed by atoms with E-state index in [1.165, 1.54) is 0 Å². The van der Waals surface area contributed by atoms with Gasteiger partial charge < -0.3 is 24.5 Å². The molecule has 1 heterocycles. The van der Waals surface area contributed by atoms with Crippen LogP contribution in [-0.4, -0.2) is 46.9 Å². The minimum atomic E-state index is -1.75. The topological polar surface area (TPSA) is 78.5 Å². The number of amides is 1. The zero-order chi connectivity index (χ0) is 24.1. The second kappa shape index (κ2) is 10.7. The lowest BCUT2D eigenvalue weighted by molar-refractivity contribution is 0.0941. The third-order valence-electron chi connectivity index (χ3n) is 6.84. The lowest BCUT2D eigenvalue weighted by Crippen LogP contribution is -2.41. The molecule has 0 aliphatic rings. The molecule has 0 aliphatic heterocycles. The maximum Gasteiger partial charge on any atom is 0.267 e. The van der Waals surface area contributed by atoms with Crippen LogP contribution >= 0.6 is 0 Å². The van der Waals surface area contributed by atoms with Crippen LogP contribution in [0.1, 0.15) is 64.9 Å². The van der Waals surface area contributed by atoms with Gasteiger partial charge in [0.15, 0.2) is 16.6 Å². The smallest absolute Gasteiger partial charge is 0.267 e. The highest BCUT2D eigenvalue weighted by Crippen LogP contribution is 2.37. The zero-order valence-corrected chi connectivity index (χ0v) is 23.6. The number of nitrogen functional groups attached to an aromatic ring is 1. The SMILES string of the molecule is CC(C)(C)[Si](C)(C)OCCCNC(=O)c1cc(N)cn1CCCO[Si](C)(C)C(C)(C)C. The van der Waals surface area contributed by atoms with Gasteiger partial charge in [-0.3, -0.25) is 4.79 Å². The van der Waals surface area contributed by atoms with Gasteiger partial charge in [-0.05, 0) is 55.2 Å². The maximum atomic E-state index is 12.7. The van der Waals surface area contributed by atoms with Gasteiger partial charge in [0.05, 0.1) is 5.69 Å². The first-order valence-corrected chi connectivity index (χ1v) is 17.3. The predicted molar refractivity (Wildman–Crippen MR) is 137 cm³/mol. The predicted octanol–water partition coefficient (Wildman–Crippen LogP) is 5.62. The normalized spacial score (nSPS) is 13.5. The molecular formula is C23H47N3O3Si2. The van der Waals surface area contributed by atoms with Crippen molar-refractivity contribution in [3.8, 4) is 0 Å². The van der Waals surface area contributed by atoms with Gasteiger partial charge in [0.25, 0.3) is 5.91 Å². The van der Waals surface area contributed by atoms with Crippen LogP contribution in [0.4, 0.5) is 5.69 Å². The van der Waals surface area contributed by atoms with E-state index in [1.807, 2.05) is 10.8 Å². The fourth-order valence-corrected chi connectivity index (χ4v) is 4.77. The van der Waals surface area contributed by atoms with Crippen molar-refractivity contribution in [3.63, 3.8) is 0 Å². The summed E-state index contributed by atoms with van der Waals surface area (Å²) in [7, 11) is -3.48. The van der Waals surface area contributed by atoms with E-state index in [4.69, 9.17) is 14.6 Å². The number of hydrogen-bond acceptors (Lipinski definition) is 4. The van der Waals surface area contributed by atoms with E-state index < -0.39 is 16.6 Å². The molecule has 1 amide bonds. The van der Waals surface area contributed by atoms with Crippen LogP contribution in [0.5, 0.6) is 0 Å². The lowest BCUT2D eigenvalue weighted by atomic mass is 10.2. The first kappa shape index (κ1) is 27.9. The monoisotopic (exact) mass is 469 g/mol. The lowest BCUT2D eigenvalue weighted by Gasteiger charge is -2.36. The highest BCUT2D eigenvalue weighted by molar-refractivity contribution is 6.74. The second-order valence-corrected chi connectivity index (χ2v) is 21.2. The Labute approximate surface area is 192 Å². The number of carbonyl (C=O) groups excluding carboxylic acids is 1. The molecule has 0 aromatic carbocycles. The minimum absolute atomic E-state index is 0.0886. The first-order chi connectivity index (χ1) is 14.0. The van der Waals surface area contributed by atoms with E-state index in [1.54, 1.807) is 6.07 Å². The molecule has 0 radical (unpaired) electrons. The Hall–Kier alpha value is -1.10. The maximum absolute atomic E-state index is 12.7. The average Bonchev–Trinajstić information content (AvgIpc) is 2.97. The van der Waals surface area contributed by atoms with Gasteiger partial charge >= 0.3 is 0 Å². The van der Waals surface area contributed by atoms with Gasteiger partial charge in [0, 0.05) is 32.5 Å². The molecule has 1 aromatic heterocycles. The Morgan fingerprint density at radius 2 is 1.45 bits per heavy atom. The summed E-state index contributed by atoms with van der Waals surface area (Å²) in [5, 5.41) is 3.40. The first-order valence-electron chi connectivity index (χ1n) is 11.5. The van der Waals surface area contributed by atoms with Crippen molar-refractivity contribution in [1.82, 2.24) is 9.88 Å². The van der Waals surface area contributed by atoms with Crippen molar-refractivity contribution in [2.75, 3.05) is 25.5 Å².